The van der Waals surface area contributed by atoms with E-state index in [0.717, 1.165) is 0 Å². The van der Waals surface area contributed by atoms with Gasteiger partial charge >= 0.3 is 5.97 Å². The second-order valence-corrected chi connectivity index (χ2v) is 5.03. The van der Waals surface area contributed by atoms with E-state index in [0.29, 0.717) is 11.3 Å². The molecule has 1 atom stereocenters. The second-order valence-electron chi connectivity index (χ2n) is 5.03. The number of carbonyl (C=O) groups is 3. The van der Waals surface area contributed by atoms with E-state index in [9.17, 15) is 19.5 Å². The van der Waals surface area contributed by atoms with Crippen molar-refractivity contribution in [2.24, 2.45) is 5.73 Å². The molecule has 0 aromatic heterocycles. The molecule has 0 aliphatic heterocycles. The number of phenolic OH excluding ortho intramolecular Hbond substituents is 1. The molecule has 0 spiro atoms. The summed E-state index contributed by atoms with van der Waals surface area (Å²) < 4.78 is 5.05. The number of phenols is 1. The number of rotatable bonds is 5. The third-order valence-corrected chi connectivity index (χ3v) is 3.17. The smallest absolute Gasteiger partial charge is 0.339 e. The van der Waals surface area contributed by atoms with Crippen molar-refractivity contribution in [2.75, 3.05) is 5.32 Å². The first kappa shape index (κ1) is 17.0. The average Bonchev–Trinajstić information content (AvgIpc) is 2.55. The summed E-state index contributed by atoms with van der Waals surface area (Å²) in [5.41, 5.74) is 6.02. The van der Waals surface area contributed by atoms with E-state index in [-0.39, 0.29) is 11.3 Å². The lowest BCUT2D eigenvalue weighted by Crippen LogP contribution is -2.30. The van der Waals surface area contributed by atoms with Gasteiger partial charge in [-0.05, 0) is 49.4 Å². The minimum absolute atomic E-state index is 0.0731. The van der Waals surface area contributed by atoms with Gasteiger partial charge in [-0.25, -0.2) is 4.79 Å². The Balaban J connectivity index is 1.96. The lowest BCUT2D eigenvalue weighted by atomic mass is 10.2. The molecule has 0 aliphatic carbocycles. The SMILES string of the molecule is C[C@@H](OC(=O)c1cccc(O)c1)C(=O)Nc1ccc(C(N)=O)cc1. The molecule has 2 aromatic carbocycles. The van der Waals surface area contributed by atoms with Gasteiger partial charge in [0.15, 0.2) is 6.10 Å². The molecule has 2 aromatic rings. The minimum Gasteiger partial charge on any atom is -0.508 e. The number of aromatic hydroxyl groups is 1. The highest BCUT2D eigenvalue weighted by atomic mass is 16.5. The zero-order valence-corrected chi connectivity index (χ0v) is 12.9. The number of hydrogen-bond acceptors (Lipinski definition) is 5. The standard InChI is InChI=1S/C17H16N2O5/c1-10(24-17(23)12-3-2-4-14(20)9-12)16(22)19-13-7-5-11(6-8-13)15(18)21/h2-10,20H,1H3,(H2,18,21)(H,19,22)/t10-/m1/s1. The first-order valence-corrected chi connectivity index (χ1v) is 7.07. The summed E-state index contributed by atoms with van der Waals surface area (Å²) in [6, 6.07) is 11.6. The lowest BCUT2D eigenvalue weighted by molar-refractivity contribution is -0.123. The molecule has 2 rings (SSSR count). The summed E-state index contributed by atoms with van der Waals surface area (Å²) >= 11 is 0. The molecule has 0 heterocycles. The maximum atomic E-state index is 12.0. The van der Waals surface area contributed by atoms with E-state index in [2.05, 4.69) is 5.32 Å². The Labute approximate surface area is 138 Å². The van der Waals surface area contributed by atoms with Gasteiger partial charge < -0.3 is 20.9 Å². The largest absolute Gasteiger partial charge is 0.508 e. The van der Waals surface area contributed by atoms with Gasteiger partial charge in [0.05, 0.1) is 5.56 Å². The van der Waals surface area contributed by atoms with Crippen LogP contribution in [0.15, 0.2) is 48.5 Å². The van der Waals surface area contributed by atoms with Crippen molar-refractivity contribution in [2.45, 2.75) is 13.0 Å². The van der Waals surface area contributed by atoms with E-state index in [1.165, 1.54) is 55.5 Å². The van der Waals surface area contributed by atoms with E-state index >= 15 is 0 Å². The molecule has 0 aliphatic rings. The van der Waals surface area contributed by atoms with Gasteiger partial charge in [0.2, 0.25) is 5.91 Å². The Kier molecular flexibility index (Phi) is 5.16. The quantitative estimate of drug-likeness (QED) is 0.721. The van der Waals surface area contributed by atoms with Crippen molar-refractivity contribution in [1.29, 1.82) is 0 Å². The van der Waals surface area contributed by atoms with Crippen molar-refractivity contribution in [3.63, 3.8) is 0 Å². The third kappa shape index (κ3) is 4.33. The predicted molar refractivity (Wildman–Crippen MR) is 86.6 cm³/mol. The zero-order valence-electron chi connectivity index (χ0n) is 12.9. The van der Waals surface area contributed by atoms with Crippen LogP contribution in [-0.4, -0.2) is 29.0 Å². The molecule has 7 nitrogen and oxygen atoms in total. The highest BCUT2D eigenvalue weighted by Gasteiger charge is 2.19. The summed E-state index contributed by atoms with van der Waals surface area (Å²) in [7, 11) is 0. The van der Waals surface area contributed by atoms with Crippen LogP contribution >= 0.6 is 0 Å². The first-order valence-electron chi connectivity index (χ1n) is 7.07. The van der Waals surface area contributed by atoms with E-state index in [1.807, 2.05) is 0 Å². The predicted octanol–water partition coefficient (Wildman–Crippen LogP) is 1.68. The van der Waals surface area contributed by atoms with Crippen LogP contribution in [0.3, 0.4) is 0 Å². The second kappa shape index (κ2) is 7.28. The molecule has 0 saturated heterocycles. The van der Waals surface area contributed by atoms with Gasteiger partial charge in [-0.3, -0.25) is 9.59 Å². The molecule has 7 heteroatoms. The molecule has 0 unspecified atom stereocenters. The number of carbonyl (C=O) groups excluding carboxylic acids is 3. The minimum atomic E-state index is -1.05. The molecule has 24 heavy (non-hydrogen) atoms. The molecule has 0 radical (unpaired) electrons. The zero-order chi connectivity index (χ0) is 17.7. The summed E-state index contributed by atoms with van der Waals surface area (Å²) in [6.45, 7) is 1.42. The van der Waals surface area contributed by atoms with Gasteiger partial charge in [0.25, 0.3) is 5.91 Å². The Bertz CT molecular complexity index is 771. The Hall–Kier alpha value is -3.35. The monoisotopic (exact) mass is 328 g/mol. The lowest BCUT2D eigenvalue weighted by Gasteiger charge is -2.13. The summed E-state index contributed by atoms with van der Waals surface area (Å²) in [5, 5.41) is 11.9. The van der Waals surface area contributed by atoms with E-state index in [4.69, 9.17) is 10.5 Å². The van der Waals surface area contributed by atoms with Crippen molar-refractivity contribution in [3.05, 3.63) is 59.7 Å². The number of ether oxygens (including phenoxy) is 1. The maximum absolute atomic E-state index is 12.0. The van der Waals surface area contributed by atoms with Crippen LogP contribution in [0, 0.1) is 0 Å². The number of nitrogens with two attached hydrogens (primary N) is 1. The van der Waals surface area contributed by atoms with E-state index < -0.39 is 23.9 Å². The highest BCUT2D eigenvalue weighted by molar-refractivity contribution is 5.98. The van der Waals surface area contributed by atoms with Crippen molar-refractivity contribution < 1.29 is 24.2 Å². The molecule has 0 bridgehead atoms. The fourth-order valence-corrected chi connectivity index (χ4v) is 1.88. The van der Waals surface area contributed by atoms with Crippen LogP contribution in [0.1, 0.15) is 27.6 Å². The van der Waals surface area contributed by atoms with Gasteiger partial charge in [-0.1, -0.05) is 6.07 Å². The summed E-state index contributed by atoms with van der Waals surface area (Å²) in [6.07, 6.45) is -1.05. The first-order chi connectivity index (χ1) is 11.4. The Morgan fingerprint density at radius 3 is 2.33 bits per heavy atom. The number of nitrogens with one attached hydrogen (secondary N) is 1. The number of anilines is 1. The number of amides is 2. The molecular weight excluding hydrogens is 312 g/mol. The topological polar surface area (TPSA) is 119 Å². The van der Waals surface area contributed by atoms with Crippen LogP contribution in [0.2, 0.25) is 0 Å². The van der Waals surface area contributed by atoms with E-state index in [1.54, 1.807) is 0 Å². The van der Waals surface area contributed by atoms with Crippen LogP contribution in [-0.2, 0) is 9.53 Å². The van der Waals surface area contributed by atoms with Gasteiger partial charge in [-0.2, -0.15) is 0 Å². The average molecular weight is 328 g/mol. The van der Waals surface area contributed by atoms with Crippen LogP contribution in [0.5, 0.6) is 5.75 Å². The molecule has 4 N–H and O–H groups in total. The molecule has 124 valence electrons. The van der Waals surface area contributed by atoms with Crippen molar-refractivity contribution >= 4 is 23.5 Å². The molecule has 2 amide bonds. The molecular formula is C17H16N2O5. The maximum Gasteiger partial charge on any atom is 0.339 e. The van der Waals surface area contributed by atoms with Crippen molar-refractivity contribution in [3.8, 4) is 5.75 Å². The van der Waals surface area contributed by atoms with Crippen LogP contribution in [0.25, 0.3) is 0 Å². The Morgan fingerprint density at radius 2 is 1.75 bits per heavy atom. The van der Waals surface area contributed by atoms with Gasteiger partial charge in [0, 0.05) is 11.3 Å². The molecule has 0 saturated carbocycles. The third-order valence-electron chi connectivity index (χ3n) is 3.17. The summed E-state index contributed by atoms with van der Waals surface area (Å²) in [4.78, 5) is 34.9. The van der Waals surface area contributed by atoms with Crippen molar-refractivity contribution in [1.82, 2.24) is 0 Å². The fraction of sp³-hybridized carbons (Fsp3) is 0.118. The number of esters is 1. The number of primary amides is 1. The Morgan fingerprint density at radius 1 is 1.08 bits per heavy atom. The fourth-order valence-electron chi connectivity index (χ4n) is 1.88. The normalized spacial score (nSPS) is 11.4. The summed E-state index contributed by atoms with van der Waals surface area (Å²) in [5.74, 6) is -1.90. The van der Waals surface area contributed by atoms with Gasteiger partial charge in [-0.15, -0.1) is 0 Å². The molecule has 0 fully saturated rings. The number of benzene rings is 2. The highest BCUT2D eigenvalue weighted by Crippen LogP contribution is 2.14. The van der Waals surface area contributed by atoms with Crippen LogP contribution < -0.4 is 11.1 Å². The van der Waals surface area contributed by atoms with Gasteiger partial charge in [0.1, 0.15) is 5.75 Å². The van der Waals surface area contributed by atoms with Crippen LogP contribution in [0.4, 0.5) is 5.69 Å². The number of hydrogen-bond donors (Lipinski definition) is 3.